The van der Waals surface area contributed by atoms with Gasteiger partial charge < -0.3 is 9.64 Å². The molecule has 1 amide bonds. The number of nitrogens with zero attached hydrogens (tertiary/aromatic N) is 1. The third-order valence-electron chi connectivity index (χ3n) is 2.67. The Morgan fingerprint density at radius 3 is 3.13 bits per heavy atom. The fourth-order valence-corrected chi connectivity index (χ4v) is 2.91. The zero-order chi connectivity index (χ0) is 10.7. The van der Waals surface area contributed by atoms with E-state index in [-0.39, 0.29) is 11.3 Å². The maximum Gasteiger partial charge on any atom is 0.230 e. The van der Waals surface area contributed by atoms with Crippen molar-refractivity contribution in [3.05, 3.63) is 12.3 Å². The van der Waals surface area contributed by atoms with Gasteiger partial charge in [-0.25, -0.2) is 0 Å². The van der Waals surface area contributed by atoms with Crippen LogP contribution in [0.2, 0.25) is 0 Å². The molecule has 0 radical (unpaired) electrons. The lowest BCUT2D eigenvalue weighted by Crippen LogP contribution is -2.49. The Morgan fingerprint density at radius 1 is 1.60 bits per heavy atom. The van der Waals surface area contributed by atoms with Gasteiger partial charge in [0.25, 0.3) is 0 Å². The maximum absolute atomic E-state index is 11.1. The summed E-state index contributed by atoms with van der Waals surface area (Å²) >= 11 is 1.74. The van der Waals surface area contributed by atoms with Crippen molar-refractivity contribution in [2.75, 3.05) is 6.61 Å². The molecule has 0 aromatic rings. The minimum absolute atomic E-state index is 0.149. The van der Waals surface area contributed by atoms with Gasteiger partial charge in [-0.3, -0.25) is 4.79 Å². The van der Waals surface area contributed by atoms with Gasteiger partial charge in [-0.1, -0.05) is 19.8 Å². The highest BCUT2D eigenvalue weighted by molar-refractivity contribution is 8.00. The van der Waals surface area contributed by atoms with Gasteiger partial charge in [-0.05, 0) is 12.5 Å². The smallest absolute Gasteiger partial charge is 0.230 e. The van der Waals surface area contributed by atoms with E-state index in [9.17, 15) is 4.79 Å². The molecule has 3 nitrogen and oxygen atoms in total. The lowest BCUT2D eigenvalue weighted by molar-refractivity contribution is -0.137. The average molecular weight is 227 g/mol. The van der Waals surface area contributed by atoms with Crippen molar-refractivity contribution in [3.8, 4) is 0 Å². The van der Waals surface area contributed by atoms with Crippen LogP contribution in [0.25, 0.3) is 0 Å². The highest BCUT2D eigenvalue weighted by Crippen LogP contribution is 2.37. The van der Waals surface area contributed by atoms with E-state index >= 15 is 0 Å². The molecule has 15 heavy (non-hydrogen) atoms. The molecule has 2 atom stereocenters. The summed E-state index contributed by atoms with van der Waals surface area (Å²) in [5.41, 5.74) is 0.149. The predicted octanol–water partition coefficient (Wildman–Crippen LogP) is 2.34. The zero-order valence-electron chi connectivity index (χ0n) is 9.02. The molecule has 2 rings (SSSR count). The highest BCUT2D eigenvalue weighted by Gasteiger charge is 2.39. The van der Waals surface area contributed by atoms with Crippen LogP contribution in [-0.4, -0.2) is 28.2 Å². The number of ether oxygens (including phenoxy) is 1. The molecule has 4 heteroatoms. The van der Waals surface area contributed by atoms with Crippen molar-refractivity contribution in [1.82, 2.24) is 4.90 Å². The van der Waals surface area contributed by atoms with Crippen molar-refractivity contribution >= 4 is 17.7 Å². The Morgan fingerprint density at radius 2 is 2.47 bits per heavy atom. The molecular formula is C11H17NO2S. The molecule has 2 aliphatic rings. The summed E-state index contributed by atoms with van der Waals surface area (Å²) in [6, 6.07) is 0. The van der Waals surface area contributed by atoms with Crippen LogP contribution >= 0.6 is 11.8 Å². The normalized spacial score (nSPS) is 28.9. The first kappa shape index (κ1) is 11.0. The van der Waals surface area contributed by atoms with Crippen LogP contribution in [0.3, 0.4) is 0 Å². The van der Waals surface area contributed by atoms with E-state index in [1.807, 2.05) is 12.3 Å². The second-order valence-corrected chi connectivity index (χ2v) is 5.16. The van der Waals surface area contributed by atoms with Crippen molar-refractivity contribution in [2.24, 2.45) is 0 Å². The van der Waals surface area contributed by atoms with Crippen LogP contribution in [0.15, 0.2) is 12.3 Å². The molecule has 0 bridgehead atoms. The Hall–Kier alpha value is -0.480. The fourth-order valence-electron chi connectivity index (χ4n) is 1.70. The van der Waals surface area contributed by atoms with Gasteiger partial charge in [-0.2, -0.15) is 0 Å². The topological polar surface area (TPSA) is 29.5 Å². The molecular weight excluding hydrogens is 210 g/mol. The third-order valence-corrected chi connectivity index (χ3v) is 3.94. The number of hydrogen-bond donors (Lipinski definition) is 0. The lowest BCUT2D eigenvalue weighted by atomic mass is 10.2. The minimum Gasteiger partial charge on any atom is -0.363 e. The summed E-state index contributed by atoms with van der Waals surface area (Å²) in [7, 11) is 0. The van der Waals surface area contributed by atoms with Crippen LogP contribution in [0.5, 0.6) is 0 Å². The van der Waals surface area contributed by atoms with Crippen LogP contribution in [-0.2, 0) is 9.53 Å². The monoisotopic (exact) mass is 227 g/mol. The molecule has 84 valence electrons. The van der Waals surface area contributed by atoms with E-state index in [0.717, 1.165) is 13.0 Å². The summed E-state index contributed by atoms with van der Waals surface area (Å²) in [6.07, 6.45) is 8.11. The van der Waals surface area contributed by atoms with Gasteiger partial charge in [-0.15, -0.1) is 11.8 Å². The number of hydrogen-bond acceptors (Lipinski definition) is 3. The largest absolute Gasteiger partial charge is 0.363 e. The van der Waals surface area contributed by atoms with Gasteiger partial charge in [0.1, 0.15) is 5.44 Å². The lowest BCUT2D eigenvalue weighted by Gasteiger charge is -2.41. The van der Waals surface area contributed by atoms with E-state index in [1.54, 1.807) is 16.7 Å². The van der Waals surface area contributed by atoms with Crippen LogP contribution < -0.4 is 0 Å². The summed E-state index contributed by atoms with van der Waals surface area (Å²) in [5.74, 6) is 0.230. The summed E-state index contributed by atoms with van der Waals surface area (Å²) in [4.78, 5) is 12.9. The Bertz CT molecular complexity index is 267. The SMILES string of the molecule is CCCCCOC1C=CN2C(=O)C[C@H]2S1. The molecule has 0 N–H and O–H groups in total. The molecule has 0 aliphatic carbocycles. The first-order chi connectivity index (χ1) is 7.31. The second-order valence-electron chi connectivity index (χ2n) is 3.88. The summed E-state index contributed by atoms with van der Waals surface area (Å²) in [6.45, 7) is 3.02. The maximum atomic E-state index is 11.1. The van der Waals surface area contributed by atoms with E-state index < -0.39 is 0 Å². The molecule has 1 unspecified atom stereocenters. The van der Waals surface area contributed by atoms with Gasteiger partial charge in [0, 0.05) is 12.8 Å². The Balaban J connectivity index is 1.70. The predicted molar refractivity (Wildman–Crippen MR) is 61.2 cm³/mol. The summed E-state index contributed by atoms with van der Waals surface area (Å²) in [5, 5.41) is 0.332. The number of rotatable bonds is 5. The van der Waals surface area contributed by atoms with Crippen molar-refractivity contribution in [2.45, 2.75) is 43.4 Å². The van der Waals surface area contributed by atoms with E-state index in [4.69, 9.17) is 4.74 Å². The standard InChI is InChI=1S/C11H17NO2S/c1-2-3-4-7-14-11-5-6-12-9(13)8-10(12)15-11/h5-6,10-11H,2-4,7-8H2,1H3/t10-,11?/m1/s1. The van der Waals surface area contributed by atoms with Crippen LogP contribution in [0, 0.1) is 0 Å². The van der Waals surface area contributed by atoms with Gasteiger partial charge in [0.05, 0.1) is 11.8 Å². The Kier molecular flexibility index (Phi) is 3.70. The molecule has 1 fully saturated rings. The average Bonchev–Trinajstić information content (AvgIpc) is 2.23. The van der Waals surface area contributed by atoms with E-state index in [1.165, 1.54) is 12.8 Å². The van der Waals surface area contributed by atoms with Crippen LogP contribution in [0.4, 0.5) is 0 Å². The molecule has 2 heterocycles. The first-order valence-electron chi connectivity index (χ1n) is 5.58. The number of β-lactam (4-membered cyclic amide) rings is 1. The third kappa shape index (κ3) is 2.55. The fraction of sp³-hybridized carbons (Fsp3) is 0.727. The number of thioether (sulfide) groups is 1. The number of carbonyl (C=O) groups excluding carboxylic acids is 1. The Labute approximate surface area is 94.8 Å². The quantitative estimate of drug-likeness (QED) is 0.533. The van der Waals surface area contributed by atoms with Gasteiger partial charge in [0.2, 0.25) is 5.91 Å². The van der Waals surface area contributed by atoms with E-state index in [2.05, 4.69) is 6.92 Å². The molecule has 0 saturated carbocycles. The minimum atomic E-state index is 0.149. The molecule has 0 aromatic carbocycles. The number of fused-ring (bicyclic) bond motifs is 1. The van der Waals surface area contributed by atoms with E-state index in [0.29, 0.717) is 11.8 Å². The van der Waals surface area contributed by atoms with Crippen molar-refractivity contribution in [3.63, 3.8) is 0 Å². The zero-order valence-corrected chi connectivity index (χ0v) is 9.83. The van der Waals surface area contributed by atoms with Crippen LogP contribution in [0.1, 0.15) is 32.6 Å². The summed E-state index contributed by atoms with van der Waals surface area (Å²) < 4.78 is 5.71. The van der Waals surface area contributed by atoms with Gasteiger partial charge >= 0.3 is 0 Å². The molecule has 1 saturated heterocycles. The molecule has 2 aliphatic heterocycles. The first-order valence-corrected chi connectivity index (χ1v) is 6.52. The highest BCUT2D eigenvalue weighted by atomic mass is 32.2. The number of unbranched alkanes of at least 4 members (excludes halogenated alkanes) is 2. The number of amides is 1. The number of carbonyl (C=O) groups is 1. The molecule has 0 aromatic heterocycles. The second kappa shape index (κ2) is 5.03. The van der Waals surface area contributed by atoms with Crippen molar-refractivity contribution in [1.29, 1.82) is 0 Å². The molecule has 0 spiro atoms. The van der Waals surface area contributed by atoms with Gasteiger partial charge in [0.15, 0.2) is 0 Å². The van der Waals surface area contributed by atoms with Crippen molar-refractivity contribution < 1.29 is 9.53 Å².